The molecule has 0 fully saturated rings. The number of hydrogen-bond donors (Lipinski definition) is 0. The zero-order valence-corrected chi connectivity index (χ0v) is 9.20. The molecule has 1 unspecified atom stereocenters. The van der Waals surface area contributed by atoms with Crippen LogP contribution in [0.3, 0.4) is 0 Å². The van der Waals surface area contributed by atoms with Crippen molar-refractivity contribution in [3.8, 4) is 0 Å². The molecule has 1 atom stereocenters. The van der Waals surface area contributed by atoms with Gasteiger partial charge in [0.05, 0.1) is 11.7 Å². The maximum atomic E-state index is 5.86. The average Bonchev–Trinajstić information content (AvgIpc) is 2.55. The number of benzene rings is 1. The Hall–Kier alpha value is -0.250. The second kappa shape index (κ2) is 3.86. The summed E-state index contributed by atoms with van der Waals surface area (Å²) in [5, 5.41) is 1.97. The molecule has 0 amide bonds. The highest BCUT2D eigenvalue weighted by molar-refractivity contribution is 8.02. The third-order valence-corrected chi connectivity index (χ3v) is 3.89. The van der Waals surface area contributed by atoms with Crippen LogP contribution in [0, 0.1) is 0 Å². The van der Waals surface area contributed by atoms with Crippen molar-refractivity contribution in [3.63, 3.8) is 0 Å². The molecule has 1 aromatic carbocycles. The Morgan fingerprint density at radius 3 is 3.00 bits per heavy atom. The van der Waals surface area contributed by atoms with Gasteiger partial charge in [0.25, 0.3) is 0 Å². The number of thiocarbonyl (C=S) groups is 1. The zero-order valence-electron chi connectivity index (χ0n) is 6.81. The van der Waals surface area contributed by atoms with Crippen LogP contribution < -0.4 is 4.90 Å². The Bertz CT molecular complexity index is 329. The lowest BCUT2D eigenvalue weighted by atomic mass is 10.3. The fourth-order valence-electron chi connectivity index (χ4n) is 1.36. The minimum absolute atomic E-state index is 0.213. The highest BCUT2D eigenvalue weighted by Gasteiger charge is 2.26. The van der Waals surface area contributed by atoms with Crippen molar-refractivity contribution < 1.29 is 0 Å². The molecular weight excluding hydrogens is 222 g/mol. The molecule has 0 spiro atoms. The largest absolute Gasteiger partial charge is 0.340 e. The maximum Gasteiger partial charge on any atom is 0.110 e. The number of nitrogens with zero attached hydrogens (tertiary/aromatic N) is 1. The Morgan fingerprint density at radius 2 is 2.31 bits per heavy atom. The van der Waals surface area contributed by atoms with Gasteiger partial charge >= 0.3 is 0 Å². The van der Waals surface area contributed by atoms with Crippen LogP contribution in [0.1, 0.15) is 0 Å². The average molecular weight is 230 g/mol. The van der Waals surface area contributed by atoms with E-state index in [9.17, 15) is 0 Å². The van der Waals surface area contributed by atoms with Gasteiger partial charge in [-0.2, -0.15) is 0 Å². The van der Waals surface area contributed by atoms with Gasteiger partial charge in [-0.05, 0) is 12.1 Å². The molecule has 68 valence electrons. The van der Waals surface area contributed by atoms with Gasteiger partial charge in [-0.25, -0.2) is 0 Å². The third kappa shape index (κ3) is 1.56. The molecule has 0 saturated heterocycles. The lowest BCUT2D eigenvalue weighted by Crippen LogP contribution is -2.28. The van der Waals surface area contributed by atoms with E-state index in [1.54, 1.807) is 17.1 Å². The standard InChI is InChI=1S/C9H8ClNS2/c10-6-11-7-3-1-2-4-8(7)13-9(11)5-12/h1-5,9H,6H2. The van der Waals surface area contributed by atoms with Crippen LogP contribution in [-0.2, 0) is 0 Å². The van der Waals surface area contributed by atoms with E-state index in [1.165, 1.54) is 10.6 Å². The van der Waals surface area contributed by atoms with E-state index in [2.05, 4.69) is 17.0 Å². The van der Waals surface area contributed by atoms with Gasteiger partial charge in [-0.3, -0.25) is 0 Å². The van der Waals surface area contributed by atoms with Crippen LogP contribution in [0.15, 0.2) is 29.2 Å². The van der Waals surface area contributed by atoms with Gasteiger partial charge in [0.15, 0.2) is 0 Å². The number of rotatable bonds is 2. The fourth-order valence-corrected chi connectivity index (χ4v) is 3.13. The topological polar surface area (TPSA) is 3.24 Å². The van der Waals surface area contributed by atoms with Crippen LogP contribution in [0.4, 0.5) is 5.69 Å². The van der Waals surface area contributed by atoms with Crippen LogP contribution in [-0.4, -0.2) is 16.7 Å². The molecule has 0 saturated carbocycles. The van der Waals surface area contributed by atoms with E-state index in [4.69, 9.17) is 23.8 Å². The van der Waals surface area contributed by atoms with E-state index in [-0.39, 0.29) is 5.37 Å². The molecular formula is C9H8ClNS2. The maximum absolute atomic E-state index is 5.86. The van der Waals surface area contributed by atoms with Crippen LogP contribution in [0.5, 0.6) is 0 Å². The summed E-state index contributed by atoms with van der Waals surface area (Å²) in [6.45, 7) is 0. The molecule has 0 aliphatic carbocycles. The molecule has 2 rings (SSSR count). The van der Waals surface area contributed by atoms with E-state index in [1.807, 2.05) is 12.1 Å². The van der Waals surface area contributed by atoms with E-state index < -0.39 is 0 Å². The molecule has 1 aromatic rings. The van der Waals surface area contributed by atoms with Crippen molar-refractivity contribution in [2.24, 2.45) is 0 Å². The first kappa shape index (κ1) is 9.31. The summed E-state index contributed by atoms with van der Waals surface area (Å²) in [5.41, 5.74) is 1.19. The number of hydrogen-bond acceptors (Lipinski definition) is 3. The van der Waals surface area contributed by atoms with Crippen molar-refractivity contribution in [3.05, 3.63) is 24.3 Å². The molecule has 4 heteroatoms. The molecule has 0 bridgehead atoms. The lowest BCUT2D eigenvalue weighted by Gasteiger charge is -2.19. The highest BCUT2D eigenvalue weighted by Crippen LogP contribution is 2.42. The summed E-state index contributed by atoms with van der Waals surface area (Å²) >= 11 is 12.6. The molecule has 1 aliphatic heterocycles. The predicted octanol–water partition coefficient (Wildman–Crippen LogP) is 3.12. The Kier molecular flexibility index (Phi) is 2.77. The second-order valence-electron chi connectivity index (χ2n) is 2.70. The Labute approximate surface area is 92.1 Å². The Morgan fingerprint density at radius 1 is 1.54 bits per heavy atom. The molecule has 0 N–H and O–H groups in total. The van der Waals surface area contributed by atoms with Crippen molar-refractivity contribution in [1.29, 1.82) is 0 Å². The number of para-hydroxylation sites is 1. The molecule has 0 radical (unpaired) electrons. The van der Waals surface area contributed by atoms with Crippen molar-refractivity contribution in [2.45, 2.75) is 10.3 Å². The van der Waals surface area contributed by atoms with Gasteiger partial charge < -0.3 is 4.90 Å². The van der Waals surface area contributed by atoms with Crippen LogP contribution in [0.25, 0.3) is 0 Å². The molecule has 1 heterocycles. The van der Waals surface area contributed by atoms with E-state index >= 15 is 0 Å². The lowest BCUT2D eigenvalue weighted by molar-refractivity contribution is 1.01. The summed E-state index contributed by atoms with van der Waals surface area (Å²) in [5.74, 6) is 0. The van der Waals surface area contributed by atoms with Gasteiger partial charge in [-0.1, -0.05) is 36.1 Å². The first-order valence-corrected chi connectivity index (χ1v) is 5.79. The first-order chi connectivity index (χ1) is 6.36. The molecule has 1 aliphatic rings. The zero-order chi connectivity index (χ0) is 9.26. The summed E-state index contributed by atoms with van der Waals surface area (Å²) in [7, 11) is 0. The van der Waals surface area contributed by atoms with Crippen molar-refractivity contribution in [2.75, 3.05) is 10.9 Å². The summed E-state index contributed by atoms with van der Waals surface area (Å²) in [6, 6.07) is 8.71. The smallest absolute Gasteiger partial charge is 0.110 e. The quantitative estimate of drug-likeness (QED) is 0.436. The Balaban J connectivity index is 2.39. The number of fused-ring (bicyclic) bond motifs is 1. The summed E-state index contributed by atoms with van der Waals surface area (Å²) in [4.78, 5) is 3.35. The number of thioether (sulfide) groups is 1. The first-order valence-electron chi connectivity index (χ1n) is 3.90. The summed E-state index contributed by atoms with van der Waals surface area (Å²) in [6.07, 6.45) is 0. The van der Waals surface area contributed by atoms with Gasteiger partial charge in [0.1, 0.15) is 5.37 Å². The normalized spacial score (nSPS) is 20.1. The number of alkyl halides is 1. The fraction of sp³-hybridized carbons (Fsp3) is 0.222. The van der Waals surface area contributed by atoms with Crippen molar-refractivity contribution >= 4 is 46.6 Å². The predicted molar refractivity (Wildman–Crippen MR) is 62.9 cm³/mol. The SMILES string of the molecule is S=CC1Sc2ccccc2N1CCl. The number of anilines is 1. The van der Waals surface area contributed by atoms with Crippen LogP contribution >= 0.6 is 35.6 Å². The van der Waals surface area contributed by atoms with Crippen LogP contribution in [0.2, 0.25) is 0 Å². The van der Waals surface area contributed by atoms with Gasteiger partial charge in [-0.15, -0.1) is 11.6 Å². The molecule has 13 heavy (non-hydrogen) atoms. The molecule has 1 nitrogen and oxygen atoms in total. The van der Waals surface area contributed by atoms with E-state index in [0.29, 0.717) is 6.00 Å². The van der Waals surface area contributed by atoms with Crippen molar-refractivity contribution in [1.82, 2.24) is 0 Å². The number of halogens is 1. The van der Waals surface area contributed by atoms with Gasteiger partial charge in [0, 0.05) is 10.3 Å². The monoisotopic (exact) mass is 229 g/mol. The minimum atomic E-state index is 0.213. The molecule has 0 aromatic heterocycles. The highest BCUT2D eigenvalue weighted by atomic mass is 35.5. The minimum Gasteiger partial charge on any atom is -0.340 e. The van der Waals surface area contributed by atoms with Gasteiger partial charge in [0.2, 0.25) is 0 Å². The second-order valence-corrected chi connectivity index (χ2v) is 4.37. The third-order valence-electron chi connectivity index (χ3n) is 1.97. The summed E-state index contributed by atoms with van der Waals surface area (Å²) < 4.78 is 0. The van der Waals surface area contributed by atoms with E-state index in [0.717, 1.165) is 0 Å².